The molecule has 0 amide bonds. The molecule has 0 atom stereocenters. The van der Waals surface area contributed by atoms with Crippen LogP contribution in [0.2, 0.25) is 5.02 Å². The van der Waals surface area contributed by atoms with E-state index in [1.54, 1.807) is 13.0 Å². The zero-order valence-corrected chi connectivity index (χ0v) is 14.4. The molecular weight excluding hydrogens is 353 g/mol. The van der Waals surface area contributed by atoms with Gasteiger partial charge in [-0.1, -0.05) is 24.4 Å². The van der Waals surface area contributed by atoms with Gasteiger partial charge < -0.3 is 10.6 Å². The summed E-state index contributed by atoms with van der Waals surface area (Å²) in [6, 6.07) is 5.70. The molecule has 1 saturated carbocycles. The quantitative estimate of drug-likeness (QED) is 0.740. The number of alkyl halides is 3. The Morgan fingerprint density at radius 3 is 2.52 bits per heavy atom. The van der Waals surface area contributed by atoms with E-state index in [0.717, 1.165) is 18.9 Å². The molecule has 4 nitrogen and oxygen atoms in total. The first-order valence-corrected chi connectivity index (χ1v) is 8.45. The number of rotatable bonds is 4. The lowest BCUT2D eigenvalue weighted by Crippen LogP contribution is -2.16. The van der Waals surface area contributed by atoms with E-state index in [2.05, 4.69) is 20.6 Å². The average molecular weight is 371 g/mol. The highest BCUT2D eigenvalue weighted by Gasteiger charge is 2.34. The third kappa shape index (κ3) is 4.54. The Morgan fingerprint density at radius 1 is 1.12 bits per heavy atom. The Balaban J connectivity index is 1.86. The van der Waals surface area contributed by atoms with E-state index in [0.29, 0.717) is 17.6 Å². The molecule has 25 heavy (non-hydrogen) atoms. The summed E-state index contributed by atoms with van der Waals surface area (Å²) in [5, 5.41) is 6.02. The van der Waals surface area contributed by atoms with Crippen molar-refractivity contribution in [3.05, 3.63) is 40.5 Å². The highest BCUT2D eigenvalue weighted by atomic mass is 35.5. The van der Waals surface area contributed by atoms with Crippen molar-refractivity contribution >= 4 is 29.1 Å². The molecule has 0 spiro atoms. The van der Waals surface area contributed by atoms with Crippen LogP contribution in [-0.2, 0) is 6.18 Å². The van der Waals surface area contributed by atoms with Crippen molar-refractivity contribution in [2.75, 3.05) is 10.6 Å². The highest BCUT2D eigenvalue weighted by Crippen LogP contribution is 2.37. The van der Waals surface area contributed by atoms with Crippen molar-refractivity contribution in [3.63, 3.8) is 0 Å². The van der Waals surface area contributed by atoms with Crippen LogP contribution >= 0.6 is 11.6 Å². The van der Waals surface area contributed by atoms with Crippen LogP contribution in [0.3, 0.4) is 0 Å². The predicted octanol–water partition coefficient (Wildman–Crippen LogP) is 5.56. The molecule has 0 saturated heterocycles. The molecule has 1 aliphatic rings. The van der Waals surface area contributed by atoms with Crippen LogP contribution in [0.15, 0.2) is 24.3 Å². The summed E-state index contributed by atoms with van der Waals surface area (Å²) in [5.41, 5.74) is -0.315. The molecule has 1 aliphatic carbocycles. The van der Waals surface area contributed by atoms with E-state index >= 15 is 0 Å². The average Bonchev–Trinajstić information content (AvgIpc) is 3.00. The van der Waals surface area contributed by atoms with Gasteiger partial charge in [-0.05, 0) is 38.0 Å². The lowest BCUT2D eigenvalue weighted by atomic mass is 10.1. The largest absolute Gasteiger partial charge is 0.418 e. The van der Waals surface area contributed by atoms with Crippen molar-refractivity contribution in [1.82, 2.24) is 9.97 Å². The minimum Gasteiger partial charge on any atom is -0.367 e. The molecule has 1 aromatic heterocycles. The Morgan fingerprint density at radius 2 is 1.84 bits per heavy atom. The molecule has 1 heterocycles. The lowest BCUT2D eigenvalue weighted by Gasteiger charge is -2.16. The van der Waals surface area contributed by atoms with Crippen LogP contribution in [0.4, 0.5) is 30.6 Å². The van der Waals surface area contributed by atoms with Gasteiger partial charge in [0, 0.05) is 22.8 Å². The zero-order valence-electron chi connectivity index (χ0n) is 13.6. The fourth-order valence-corrected chi connectivity index (χ4v) is 3.13. The number of anilines is 3. The Bertz CT molecular complexity index is 758. The predicted molar refractivity (Wildman–Crippen MR) is 92.4 cm³/mol. The van der Waals surface area contributed by atoms with Crippen LogP contribution in [0, 0.1) is 6.92 Å². The van der Waals surface area contributed by atoms with Crippen LogP contribution < -0.4 is 10.6 Å². The Kier molecular flexibility index (Phi) is 5.03. The maximum absolute atomic E-state index is 13.2. The van der Waals surface area contributed by atoms with Gasteiger partial charge in [0.2, 0.25) is 5.95 Å². The van der Waals surface area contributed by atoms with Gasteiger partial charge in [0.25, 0.3) is 0 Å². The zero-order chi connectivity index (χ0) is 18.0. The Labute approximate surface area is 148 Å². The molecule has 0 bridgehead atoms. The topological polar surface area (TPSA) is 49.8 Å². The van der Waals surface area contributed by atoms with Crippen molar-refractivity contribution in [2.45, 2.75) is 44.8 Å². The summed E-state index contributed by atoms with van der Waals surface area (Å²) < 4.78 is 39.6. The minimum absolute atomic E-state index is 0.0200. The van der Waals surface area contributed by atoms with Gasteiger partial charge in [-0.25, -0.2) is 4.98 Å². The molecule has 8 heteroatoms. The standard InChI is InChI=1S/C17H18ClF3N4/c1-10-8-15(23-12-4-2-3-5-12)25-16(22-10)24-14-7-6-11(18)9-13(14)17(19,20)21/h6-9,12H,2-5H2,1H3,(H2,22,23,24,25). The second-order valence-corrected chi connectivity index (χ2v) is 6.59. The van der Waals surface area contributed by atoms with Crippen LogP contribution in [0.25, 0.3) is 0 Å². The summed E-state index contributed by atoms with van der Waals surface area (Å²) in [6.07, 6.45) is -0.0382. The molecule has 1 fully saturated rings. The molecule has 134 valence electrons. The Hall–Kier alpha value is -2.02. The third-order valence-corrected chi connectivity index (χ3v) is 4.33. The van der Waals surface area contributed by atoms with Gasteiger partial charge in [0.15, 0.2) is 0 Å². The summed E-state index contributed by atoms with van der Waals surface area (Å²) in [7, 11) is 0. The maximum Gasteiger partial charge on any atom is 0.418 e. The van der Waals surface area contributed by atoms with Crippen LogP contribution in [0.5, 0.6) is 0 Å². The van der Waals surface area contributed by atoms with Crippen LogP contribution in [0.1, 0.15) is 36.9 Å². The molecule has 3 rings (SSSR count). The maximum atomic E-state index is 13.2. The molecule has 2 aromatic rings. The van der Waals surface area contributed by atoms with Gasteiger partial charge in [0.1, 0.15) is 5.82 Å². The number of nitrogens with one attached hydrogen (secondary N) is 2. The van der Waals surface area contributed by atoms with Gasteiger partial charge in [-0.15, -0.1) is 0 Å². The summed E-state index contributed by atoms with van der Waals surface area (Å²) in [5.74, 6) is 0.734. The number of halogens is 4. The monoisotopic (exact) mass is 370 g/mol. The first-order chi connectivity index (χ1) is 11.8. The normalized spacial score (nSPS) is 15.4. The summed E-state index contributed by atoms with van der Waals surface area (Å²) in [4.78, 5) is 8.49. The lowest BCUT2D eigenvalue weighted by molar-refractivity contribution is -0.136. The van der Waals surface area contributed by atoms with E-state index in [4.69, 9.17) is 11.6 Å². The number of nitrogens with zero attached hydrogens (tertiary/aromatic N) is 2. The number of hydrogen-bond donors (Lipinski definition) is 2. The number of aryl methyl sites for hydroxylation is 1. The molecule has 2 N–H and O–H groups in total. The van der Waals surface area contributed by atoms with Crippen molar-refractivity contribution in [1.29, 1.82) is 0 Å². The minimum atomic E-state index is -4.53. The van der Waals surface area contributed by atoms with E-state index < -0.39 is 11.7 Å². The number of benzene rings is 1. The second kappa shape index (κ2) is 7.07. The van der Waals surface area contributed by atoms with E-state index in [-0.39, 0.29) is 16.7 Å². The fourth-order valence-electron chi connectivity index (χ4n) is 2.96. The molecule has 0 radical (unpaired) electrons. The smallest absolute Gasteiger partial charge is 0.367 e. The molecule has 0 aliphatic heterocycles. The van der Waals surface area contributed by atoms with Crippen molar-refractivity contribution in [3.8, 4) is 0 Å². The third-order valence-electron chi connectivity index (χ3n) is 4.09. The van der Waals surface area contributed by atoms with Crippen LogP contribution in [-0.4, -0.2) is 16.0 Å². The number of aromatic nitrogens is 2. The SMILES string of the molecule is Cc1cc(NC2CCCC2)nc(Nc2ccc(Cl)cc2C(F)(F)F)n1. The first kappa shape index (κ1) is 17.8. The summed E-state index contributed by atoms with van der Waals surface area (Å²) >= 11 is 5.70. The van der Waals surface area contributed by atoms with Gasteiger partial charge >= 0.3 is 6.18 Å². The molecular formula is C17H18ClF3N4. The second-order valence-electron chi connectivity index (χ2n) is 6.16. The van der Waals surface area contributed by atoms with Gasteiger partial charge in [-0.3, -0.25) is 0 Å². The number of hydrogen-bond acceptors (Lipinski definition) is 4. The van der Waals surface area contributed by atoms with Gasteiger partial charge in [-0.2, -0.15) is 18.2 Å². The van der Waals surface area contributed by atoms with E-state index in [9.17, 15) is 13.2 Å². The fraction of sp³-hybridized carbons (Fsp3) is 0.412. The molecule has 1 aromatic carbocycles. The molecule has 0 unspecified atom stereocenters. The van der Waals surface area contributed by atoms with Crippen molar-refractivity contribution < 1.29 is 13.2 Å². The summed E-state index contributed by atoms with van der Waals surface area (Å²) in [6.45, 7) is 1.78. The van der Waals surface area contributed by atoms with Crippen molar-refractivity contribution in [2.24, 2.45) is 0 Å². The van der Waals surface area contributed by atoms with Gasteiger partial charge in [0.05, 0.1) is 11.3 Å². The first-order valence-electron chi connectivity index (χ1n) is 8.07. The van der Waals surface area contributed by atoms with E-state index in [1.807, 2.05) is 0 Å². The highest BCUT2D eigenvalue weighted by molar-refractivity contribution is 6.30. The van der Waals surface area contributed by atoms with E-state index in [1.165, 1.54) is 25.0 Å².